The van der Waals surface area contributed by atoms with Gasteiger partial charge in [-0.15, -0.1) is 0 Å². The monoisotopic (exact) mass is 420 g/mol. The van der Waals surface area contributed by atoms with Crippen LogP contribution in [0.5, 0.6) is 0 Å². The Hall–Kier alpha value is -2.70. The Morgan fingerprint density at radius 2 is 1.64 bits per heavy atom. The minimum absolute atomic E-state index is 0.215. The standard InChI is InChI=1S/C11H5IN2O8/c15-11(16)9-8(14(21)22)4-6-5(10(9)12(17)18)2-1-3-7(6)13(19)20/h1-4H,(H,15,16). The lowest BCUT2D eigenvalue weighted by Crippen LogP contribution is -2.07. The number of nitro groups is 2. The lowest BCUT2D eigenvalue weighted by Gasteiger charge is -2.06. The molecule has 1 N–H and O–H groups in total. The number of halogens is 1. The van der Waals surface area contributed by atoms with Gasteiger partial charge in [0.1, 0.15) is 3.57 Å². The SMILES string of the molecule is O=C(O)c1c([N+](=O)[O-])cc2c([N+](=O)[O-])cccc2c1I(=O)=O. The summed E-state index contributed by atoms with van der Waals surface area (Å²) in [7, 11) is 0. The van der Waals surface area contributed by atoms with Crippen LogP contribution in [0, 0.1) is 23.8 Å². The minimum Gasteiger partial charge on any atom is -0.477 e. The van der Waals surface area contributed by atoms with Gasteiger partial charge in [0.05, 0.1) is 15.2 Å². The van der Waals surface area contributed by atoms with Crippen LogP contribution in [0.4, 0.5) is 11.4 Å². The molecule has 0 spiro atoms. The van der Waals surface area contributed by atoms with E-state index in [9.17, 15) is 31.2 Å². The number of aromatic carboxylic acids is 1. The number of nitro benzene ring substituents is 2. The van der Waals surface area contributed by atoms with Gasteiger partial charge in [0.25, 0.3) is 11.4 Å². The first-order chi connectivity index (χ1) is 10.3. The van der Waals surface area contributed by atoms with Crippen LogP contribution in [0.3, 0.4) is 0 Å². The molecule has 0 aliphatic carbocycles. The zero-order valence-corrected chi connectivity index (χ0v) is 12.5. The zero-order chi connectivity index (χ0) is 16.6. The minimum atomic E-state index is -4.49. The largest absolute Gasteiger partial charge is 0.477 e. The molecule has 0 unspecified atom stereocenters. The van der Waals surface area contributed by atoms with Crippen LogP contribution in [-0.4, -0.2) is 20.9 Å². The summed E-state index contributed by atoms with van der Waals surface area (Å²) >= 11 is -4.49. The molecule has 0 saturated heterocycles. The van der Waals surface area contributed by atoms with Crippen molar-refractivity contribution in [3.63, 3.8) is 0 Å². The van der Waals surface area contributed by atoms with E-state index in [1.807, 2.05) is 0 Å². The normalized spacial score (nSPS) is 10.8. The van der Waals surface area contributed by atoms with Crippen molar-refractivity contribution in [2.75, 3.05) is 0 Å². The van der Waals surface area contributed by atoms with Crippen molar-refractivity contribution in [1.82, 2.24) is 0 Å². The summed E-state index contributed by atoms with van der Waals surface area (Å²) in [4.78, 5) is 31.3. The summed E-state index contributed by atoms with van der Waals surface area (Å²) < 4.78 is 22.2. The maximum Gasteiger partial charge on any atom is 0.344 e. The summed E-state index contributed by atoms with van der Waals surface area (Å²) in [6.07, 6.45) is 0. The molecule has 11 heteroatoms. The van der Waals surface area contributed by atoms with Gasteiger partial charge >= 0.3 is 25.8 Å². The maximum atomic E-state index is 11.5. The highest BCUT2D eigenvalue weighted by molar-refractivity contribution is 14.2. The average Bonchev–Trinajstić information content (AvgIpc) is 2.43. The summed E-state index contributed by atoms with van der Waals surface area (Å²) in [6.45, 7) is 0. The number of nitrogens with zero attached hydrogens (tertiary/aromatic N) is 2. The highest BCUT2D eigenvalue weighted by Crippen LogP contribution is 2.39. The molecule has 0 aromatic heterocycles. The van der Waals surface area contributed by atoms with Gasteiger partial charge in [0, 0.05) is 17.5 Å². The highest BCUT2D eigenvalue weighted by Gasteiger charge is 2.31. The van der Waals surface area contributed by atoms with Gasteiger partial charge in [-0.05, 0) is 0 Å². The van der Waals surface area contributed by atoms with E-state index in [0.29, 0.717) is 6.07 Å². The van der Waals surface area contributed by atoms with E-state index in [-0.39, 0.29) is 10.8 Å². The van der Waals surface area contributed by atoms with E-state index < -0.39 is 56.1 Å². The first-order valence-corrected chi connectivity index (χ1v) is 8.26. The molecule has 0 amide bonds. The predicted molar refractivity (Wildman–Crippen MR) is 78.3 cm³/mol. The lowest BCUT2D eigenvalue weighted by molar-refractivity contribution is -0.386. The molecule has 0 radical (unpaired) electrons. The van der Waals surface area contributed by atoms with Gasteiger partial charge in [-0.3, -0.25) is 20.2 Å². The lowest BCUT2D eigenvalue weighted by atomic mass is 10.0. The maximum absolute atomic E-state index is 11.5. The first-order valence-electron chi connectivity index (χ1n) is 5.42. The molecular weight excluding hydrogens is 415 g/mol. The number of carbonyl (C=O) groups is 1. The fraction of sp³-hybridized carbons (Fsp3) is 0. The number of rotatable bonds is 4. The van der Waals surface area contributed by atoms with E-state index >= 15 is 0 Å². The molecule has 0 aliphatic rings. The van der Waals surface area contributed by atoms with Gasteiger partial charge in [-0.2, -0.15) is 0 Å². The highest BCUT2D eigenvalue weighted by atomic mass is 127. The summed E-state index contributed by atoms with van der Waals surface area (Å²) in [6, 6.07) is 4.11. The number of benzene rings is 2. The number of fused-ring (bicyclic) bond motifs is 1. The topological polar surface area (TPSA) is 158 Å². The van der Waals surface area contributed by atoms with Crippen LogP contribution in [0.25, 0.3) is 10.8 Å². The van der Waals surface area contributed by atoms with Gasteiger partial charge in [-0.25, -0.2) is 10.9 Å². The van der Waals surface area contributed by atoms with Crippen molar-refractivity contribution in [3.8, 4) is 0 Å². The van der Waals surface area contributed by atoms with Gasteiger partial charge in [0.15, 0.2) is 5.56 Å². The Morgan fingerprint density at radius 3 is 2.09 bits per heavy atom. The molecular formula is C11H5IN2O8. The van der Waals surface area contributed by atoms with E-state index in [1.54, 1.807) is 0 Å². The van der Waals surface area contributed by atoms with Crippen molar-refractivity contribution >= 4 is 47.9 Å². The fourth-order valence-electron chi connectivity index (χ4n) is 2.02. The number of carboxylic acids is 1. The second-order valence-corrected chi connectivity index (χ2v) is 6.31. The Balaban J connectivity index is 3.17. The van der Waals surface area contributed by atoms with Crippen LogP contribution in [0.15, 0.2) is 24.3 Å². The van der Waals surface area contributed by atoms with Crippen LogP contribution in [0.2, 0.25) is 0 Å². The van der Waals surface area contributed by atoms with E-state index in [2.05, 4.69) is 0 Å². The van der Waals surface area contributed by atoms with Crippen molar-refractivity contribution in [3.05, 3.63) is 53.6 Å². The predicted octanol–water partition coefficient (Wildman–Crippen LogP) is 2.72. The molecule has 2 rings (SSSR count). The first kappa shape index (κ1) is 15.7. The Labute approximate surface area is 127 Å². The van der Waals surface area contributed by atoms with Crippen molar-refractivity contribution < 1.29 is 25.9 Å². The summed E-state index contributed by atoms with van der Waals surface area (Å²) in [5.41, 5.74) is -2.52. The molecule has 0 bridgehead atoms. The van der Waals surface area contributed by atoms with Crippen LogP contribution >= 0.6 is 19.8 Å². The van der Waals surface area contributed by atoms with Crippen LogP contribution in [-0.2, 0) is 6.14 Å². The molecule has 0 aliphatic heterocycles. The molecule has 2 aromatic carbocycles. The molecule has 0 heterocycles. The van der Waals surface area contributed by atoms with Crippen molar-refractivity contribution in [2.24, 2.45) is 0 Å². The van der Waals surface area contributed by atoms with E-state index in [0.717, 1.165) is 6.07 Å². The Kier molecular flexibility index (Phi) is 3.99. The second-order valence-electron chi connectivity index (χ2n) is 3.99. The van der Waals surface area contributed by atoms with Crippen molar-refractivity contribution in [2.45, 2.75) is 0 Å². The fourth-order valence-corrected chi connectivity index (χ4v) is 3.91. The molecule has 10 nitrogen and oxygen atoms in total. The molecule has 0 atom stereocenters. The van der Waals surface area contributed by atoms with E-state index in [1.165, 1.54) is 12.1 Å². The Morgan fingerprint density at radius 1 is 1.05 bits per heavy atom. The number of non-ortho nitro benzene ring substituents is 1. The number of hydrogen-bond donors (Lipinski definition) is 1. The molecule has 0 saturated carbocycles. The molecule has 0 fully saturated rings. The van der Waals surface area contributed by atoms with Gasteiger partial charge in [-0.1, -0.05) is 12.1 Å². The Bertz CT molecular complexity index is 910. The smallest absolute Gasteiger partial charge is 0.344 e. The third-order valence-corrected chi connectivity index (χ3v) is 4.84. The van der Waals surface area contributed by atoms with Crippen LogP contribution < -0.4 is 0 Å². The summed E-state index contributed by atoms with van der Waals surface area (Å²) in [5.74, 6) is -1.79. The molecule has 2 aromatic rings. The number of hydrogen-bond acceptors (Lipinski definition) is 7. The molecule has 22 heavy (non-hydrogen) atoms. The number of carboxylic acid groups (broad SMARTS) is 1. The quantitative estimate of drug-likeness (QED) is 0.449. The van der Waals surface area contributed by atoms with Crippen molar-refractivity contribution in [1.29, 1.82) is 0 Å². The van der Waals surface area contributed by atoms with E-state index in [4.69, 9.17) is 5.11 Å². The second kappa shape index (κ2) is 5.59. The van der Waals surface area contributed by atoms with Gasteiger partial charge in [0.2, 0.25) is 0 Å². The molecule has 114 valence electrons. The van der Waals surface area contributed by atoms with Gasteiger partial charge < -0.3 is 5.11 Å². The average molecular weight is 420 g/mol. The van der Waals surface area contributed by atoms with Crippen LogP contribution in [0.1, 0.15) is 10.4 Å². The summed E-state index contributed by atoms with van der Waals surface area (Å²) in [5, 5.41) is 30.6. The third-order valence-electron chi connectivity index (χ3n) is 2.84. The zero-order valence-electron chi connectivity index (χ0n) is 10.4. The third kappa shape index (κ3) is 2.45.